The minimum Gasteiger partial charge on any atom is -0.469 e. The molecule has 2 atom stereocenters. The molecule has 0 fully saturated rings. The second-order valence-electron chi connectivity index (χ2n) is 18.1. The molecule has 316 valence electrons. The van der Waals surface area contributed by atoms with E-state index in [1.807, 2.05) is 18.2 Å². The SMILES string of the molecule is COC(=O)CCC1(CC2(CC3(CCC(=O)OC)c4ccccc4-c4nc5ccccc5cc43)c3ccccc3-c3nc4ccccc4cc32)c2ccccc2-c2nc3ccccc3cc21. The highest BCUT2D eigenvalue weighted by Crippen LogP contribution is 2.66. The van der Waals surface area contributed by atoms with Crippen molar-refractivity contribution < 1.29 is 19.1 Å². The number of rotatable bonds is 10. The summed E-state index contributed by atoms with van der Waals surface area (Å²) in [7, 11) is 2.94. The Morgan fingerprint density at radius 3 is 1.08 bits per heavy atom. The third-order valence-corrected chi connectivity index (χ3v) is 15.0. The maximum absolute atomic E-state index is 13.6. The number of ether oxygens (including phenoxy) is 2. The van der Waals surface area contributed by atoms with Gasteiger partial charge in [-0.25, -0.2) is 15.0 Å². The summed E-state index contributed by atoms with van der Waals surface area (Å²) in [6.07, 6.45) is 2.52. The number of hydrogen-bond donors (Lipinski definition) is 0. The van der Waals surface area contributed by atoms with Gasteiger partial charge in [0.15, 0.2) is 0 Å². The zero-order chi connectivity index (χ0) is 43.9. The van der Waals surface area contributed by atoms with Crippen molar-refractivity contribution in [1.82, 2.24) is 15.0 Å². The molecule has 65 heavy (non-hydrogen) atoms. The van der Waals surface area contributed by atoms with Crippen LogP contribution in [0.1, 0.15) is 71.9 Å². The molecular weight excluding hydrogens is 803 g/mol. The highest BCUT2D eigenvalue weighted by molar-refractivity contribution is 5.93. The van der Waals surface area contributed by atoms with E-state index in [1.54, 1.807) is 0 Å². The standard InChI is InChI=1S/C58H45N3O4/c1-64-51(62)27-29-56(42-21-9-6-18-39(42)53-45(56)31-36-15-3-12-24-48(36)59-53)34-58(44-23-11-8-20-41(44)55-47(58)33-38-17-5-14-26-50(38)61-55)35-57(30-28-52(63)65-2)43-22-10-7-19-40(43)54-46(57)32-37-16-4-13-25-49(37)60-54/h3-26,31-33H,27-30,34-35H2,1-2H3. The summed E-state index contributed by atoms with van der Waals surface area (Å²) in [5.74, 6) is -0.520. The average Bonchev–Trinajstić information content (AvgIpc) is 3.88. The second kappa shape index (κ2) is 14.8. The lowest BCUT2D eigenvalue weighted by molar-refractivity contribution is -0.141. The van der Waals surface area contributed by atoms with Crippen LogP contribution in [0.2, 0.25) is 0 Å². The van der Waals surface area contributed by atoms with E-state index in [1.165, 1.54) is 19.8 Å². The van der Waals surface area contributed by atoms with Crippen molar-refractivity contribution in [2.75, 3.05) is 14.2 Å². The van der Waals surface area contributed by atoms with Crippen molar-refractivity contribution in [2.24, 2.45) is 0 Å². The topological polar surface area (TPSA) is 91.3 Å². The first-order valence-electron chi connectivity index (χ1n) is 22.5. The summed E-state index contributed by atoms with van der Waals surface area (Å²) in [5, 5.41) is 3.14. The fraction of sp³-hybridized carbons (Fsp3) is 0.190. The van der Waals surface area contributed by atoms with Crippen LogP contribution in [0.15, 0.2) is 164 Å². The number of esters is 2. The molecule has 0 bridgehead atoms. The Morgan fingerprint density at radius 2 is 0.708 bits per heavy atom. The predicted molar refractivity (Wildman–Crippen MR) is 256 cm³/mol. The number of fused-ring (bicyclic) bond motifs is 12. The predicted octanol–water partition coefficient (Wildman–Crippen LogP) is 12.2. The Labute approximate surface area is 377 Å². The summed E-state index contributed by atoms with van der Waals surface area (Å²) >= 11 is 0. The first-order valence-corrected chi connectivity index (χ1v) is 22.5. The molecule has 0 amide bonds. The van der Waals surface area contributed by atoms with Gasteiger partial charge in [-0.15, -0.1) is 0 Å². The van der Waals surface area contributed by atoms with Gasteiger partial charge in [0.25, 0.3) is 0 Å². The van der Waals surface area contributed by atoms with Gasteiger partial charge in [-0.3, -0.25) is 9.59 Å². The number of aromatic nitrogens is 3. The number of pyridine rings is 3. The maximum Gasteiger partial charge on any atom is 0.305 e. The zero-order valence-corrected chi connectivity index (χ0v) is 36.3. The van der Waals surface area contributed by atoms with Crippen LogP contribution in [0.5, 0.6) is 0 Å². The molecule has 0 saturated carbocycles. The van der Waals surface area contributed by atoms with Gasteiger partial charge in [-0.05, 0) is 95.5 Å². The molecule has 3 aliphatic rings. The van der Waals surface area contributed by atoms with Crippen molar-refractivity contribution in [3.63, 3.8) is 0 Å². The highest BCUT2D eigenvalue weighted by atomic mass is 16.5. The molecule has 3 aromatic heterocycles. The van der Waals surface area contributed by atoms with Crippen molar-refractivity contribution in [1.29, 1.82) is 0 Å². The van der Waals surface area contributed by atoms with Crippen LogP contribution >= 0.6 is 0 Å². The molecule has 3 aliphatic carbocycles. The number of nitrogens with zero attached hydrogens (tertiary/aromatic N) is 3. The Bertz CT molecular complexity index is 3290. The molecule has 0 saturated heterocycles. The van der Waals surface area contributed by atoms with Crippen LogP contribution in [-0.2, 0) is 35.3 Å². The molecular formula is C58H45N3O4. The summed E-state index contributed by atoms with van der Waals surface area (Å²) < 4.78 is 10.9. The van der Waals surface area contributed by atoms with Gasteiger partial charge in [-0.1, -0.05) is 127 Å². The maximum atomic E-state index is 13.6. The van der Waals surface area contributed by atoms with Crippen LogP contribution in [-0.4, -0.2) is 41.1 Å². The van der Waals surface area contributed by atoms with Gasteiger partial charge in [0.05, 0.1) is 47.9 Å². The smallest absolute Gasteiger partial charge is 0.305 e. The number of carbonyl (C=O) groups excluding carboxylic acids is 2. The van der Waals surface area contributed by atoms with E-state index in [0.717, 1.165) is 94.3 Å². The molecule has 2 unspecified atom stereocenters. The fourth-order valence-corrected chi connectivity index (χ4v) is 12.2. The Hall–Kier alpha value is -7.51. The van der Waals surface area contributed by atoms with Crippen LogP contribution < -0.4 is 0 Å². The minimum atomic E-state index is -0.768. The van der Waals surface area contributed by atoms with Crippen LogP contribution in [0, 0.1) is 0 Å². The van der Waals surface area contributed by atoms with E-state index in [4.69, 9.17) is 24.4 Å². The lowest BCUT2D eigenvalue weighted by Crippen LogP contribution is -2.43. The quantitative estimate of drug-likeness (QED) is 0.127. The number of carbonyl (C=O) groups is 2. The van der Waals surface area contributed by atoms with Crippen molar-refractivity contribution in [3.8, 4) is 33.8 Å². The molecule has 3 heterocycles. The Morgan fingerprint density at radius 1 is 0.400 bits per heavy atom. The van der Waals surface area contributed by atoms with Crippen LogP contribution in [0.25, 0.3) is 66.5 Å². The van der Waals surface area contributed by atoms with Crippen molar-refractivity contribution >= 4 is 44.6 Å². The number of methoxy groups -OCH3 is 2. The van der Waals surface area contributed by atoms with Gasteiger partial charge in [0.1, 0.15) is 0 Å². The molecule has 0 radical (unpaired) electrons. The van der Waals surface area contributed by atoms with Gasteiger partial charge in [0, 0.05) is 61.9 Å². The summed E-state index contributed by atoms with van der Waals surface area (Å²) in [6, 6.07) is 58.1. The molecule has 0 spiro atoms. The molecule has 7 nitrogen and oxygen atoms in total. The highest BCUT2D eigenvalue weighted by Gasteiger charge is 2.58. The average molecular weight is 848 g/mol. The molecule has 0 N–H and O–H groups in total. The van der Waals surface area contributed by atoms with Gasteiger partial charge in [-0.2, -0.15) is 0 Å². The molecule has 6 aromatic carbocycles. The van der Waals surface area contributed by atoms with E-state index in [-0.39, 0.29) is 24.8 Å². The monoisotopic (exact) mass is 847 g/mol. The van der Waals surface area contributed by atoms with Crippen LogP contribution in [0.3, 0.4) is 0 Å². The summed E-state index contributed by atoms with van der Waals surface area (Å²) in [5.41, 5.74) is 13.4. The minimum absolute atomic E-state index is 0.201. The molecule has 0 aliphatic heterocycles. The first kappa shape index (κ1) is 39.1. The van der Waals surface area contributed by atoms with E-state index in [2.05, 4.69) is 146 Å². The van der Waals surface area contributed by atoms with E-state index < -0.39 is 16.2 Å². The number of hydrogen-bond acceptors (Lipinski definition) is 7. The van der Waals surface area contributed by atoms with Gasteiger partial charge < -0.3 is 9.47 Å². The van der Waals surface area contributed by atoms with E-state index in [9.17, 15) is 9.59 Å². The normalized spacial score (nSPS) is 19.6. The van der Waals surface area contributed by atoms with Gasteiger partial charge in [0.2, 0.25) is 0 Å². The summed E-state index contributed by atoms with van der Waals surface area (Å²) in [6.45, 7) is 0. The van der Waals surface area contributed by atoms with E-state index >= 15 is 0 Å². The van der Waals surface area contributed by atoms with E-state index in [0.29, 0.717) is 25.7 Å². The van der Waals surface area contributed by atoms with Gasteiger partial charge >= 0.3 is 11.9 Å². The summed E-state index contributed by atoms with van der Waals surface area (Å²) in [4.78, 5) is 43.6. The Kier molecular flexibility index (Phi) is 8.89. The van der Waals surface area contributed by atoms with Crippen molar-refractivity contribution in [2.45, 2.75) is 54.8 Å². The third-order valence-electron chi connectivity index (χ3n) is 15.0. The largest absolute Gasteiger partial charge is 0.469 e. The molecule has 12 rings (SSSR count). The Balaban J connectivity index is 1.21. The first-order chi connectivity index (χ1) is 31.9. The molecule has 7 heteroatoms. The van der Waals surface area contributed by atoms with Crippen LogP contribution in [0.4, 0.5) is 0 Å². The fourth-order valence-electron chi connectivity index (χ4n) is 12.2. The second-order valence-corrected chi connectivity index (χ2v) is 18.1. The third kappa shape index (κ3) is 5.77. The molecule has 9 aromatic rings. The number of benzene rings is 6. The number of para-hydroxylation sites is 3. The zero-order valence-electron chi connectivity index (χ0n) is 36.3. The lowest BCUT2D eigenvalue weighted by Gasteiger charge is -2.47. The van der Waals surface area contributed by atoms with Crippen molar-refractivity contribution in [3.05, 3.63) is 197 Å². The lowest BCUT2D eigenvalue weighted by atomic mass is 9.55.